The quantitative estimate of drug-likeness (QED) is 0.306. The third-order valence-corrected chi connectivity index (χ3v) is 0.311. The lowest BCUT2D eigenvalue weighted by atomic mass is 11.7. The van der Waals surface area contributed by atoms with Gasteiger partial charge in [-0.2, -0.15) is 5.10 Å². The van der Waals surface area contributed by atoms with E-state index in [4.69, 9.17) is 0 Å². The molecule has 0 aromatic carbocycles. The number of hydrogen-bond donors (Lipinski definition) is 1. The highest BCUT2D eigenvalue weighted by Gasteiger charge is 1.37. The molecule has 0 aliphatic heterocycles. The molecular formula is CH3BrN2. The SMILES string of the molecule is C=NNBr. The van der Waals surface area contributed by atoms with E-state index in [9.17, 15) is 0 Å². The number of rotatable bonds is 1. The van der Waals surface area contributed by atoms with Crippen LogP contribution in [-0.2, 0) is 0 Å². The number of nitrogens with zero attached hydrogens (tertiary/aromatic N) is 1. The van der Waals surface area contributed by atoms with Gasteiger partial charge in [0.25, 0.3) is 0 Å². The fraction of sp³-hybridized carbons (Fsp3) is 0. The van der Waals surface area contributed by atoms with Crippen LogP contribution in [0.25, 0.3) is 0 Å². The van der Waals surface area contributed by atoms with Crippen LogP contribution in [-0.4, -0.2) is 6.72 Å². The van der Waals surface area contributed by atoms with Crippen molar-refractivity contribution in [2.75, 3.05) is 0 Å². The number of hydrogen-bond acceptors (Lipinski definition) is 2. The van der Waals surface area contributed by atoms with Gasteiger partial charge in [0.05, 0.1) is 16.1 Å². The van der Waals surface area contributed by atoms with Crippen LogP contribution >= 0.6 is 16.1 Å². The maximum atomic E-state index is 3.15. The van der Waals surface area contributed by atoms with Crippen molar-refractivity contribution in [2.24, 2.45) is 5.10 Å². The fourth-order valence-corrected chi connectivity index (χ4v) is 0. The molecule has 2 nitrogen and oxygen atoms in total. The fourth-order valence-electron chi connectivity index (χ4n) is 0. The Morgan fingerprint density at radius 1 is 2.00 bits per heavy atom. The predicted molar refractivity (Wildman–Crippen MR) is 21.6 cm³/mol. The van der Waals surface area contributed by atoms with E-state index in [0.29, 0.717) is 0 Å². The van der Waals surface area contributed by atoms with Gasteiger partial charge in [-0.1, -0.05) is 0 Å². The molecule has 0 heterocycles. The average Bonchev–Trinajstić information content (AvgIpc) is 1.37. The Morgan fingerprint density at radius 3 is 2.25 bits per heavy atom. The van der Waals surface area contributed by atoms with Gasteiger partial charge in [-0.25, -0.2) is 4.45 Å². The van der Waals surface area contributed by atoms with Gasteiger partial charge >= 0.3 is 0 Å². The molecule has 24 valence electrons. The van der Waals surface area contributed by atoms with E-state index in [1.54, 1.807) is 0 Å². The minimum Gasteiger partial charge on any atom is -0.244 e. The van der Waals surface area contributed by atoms with Crippen molar-refractivity contribution in [1.82, 2.24) is 4.45 Å². The summed E-state index contributed by atoms with van der Waals surface area (Å²) in [5.41, 5.74) is 0. The molecule has 0 atom stereocenters. The minimum atomic E-state index is 2.26. The zero-order valence-electron chi connectivity index (χ0n) is 2.03. The maximum absolute atomic E-state index is 3.15. The lowest BCUT2D eigenvalue weighted by Crippen LogP contribution is -1.73. The van der Waals surface area contributed by atoms with Crippen molar-refractivity contribution in [3.8, 4) is 0 Å². The molecule has 0 spiro atoms. The zero-order chi connectivity index (χ0) is 3.41. The predicted octanol–water partition coefficient (Wildman–Crippen LogP) is 0.502. The van der Waals surface area contributed by atoms with Crippen molar-refractivity contribution >= 4 is 22.9 Å². The largest absolute Gasteiger partial charge is 0.244 e. The van der Waals surface area contributed by atoms with Gasteiger partial charge in [-0.3, -0.25) is 0 Å². The zero-order valence-corrected chi connectivity index (χ0v) is 3.62. The molecule has 0 saturated carbocycles. The highest BCUT2D eigenvalue weighted by molar-refractivity contribution is 9.08. The summed E-state index contributed by atoms with van der Waals surface area (Å²) in [5, 5.41) is 3.15. The van der Waals surface area contributed by atoms with Crippen LogP contribution in [0.2, 0.25) is 0 Å². The third-order valence-electron chi connectivity index (χ3n) is 0.0598. The van der Waals surface area contributed by atoms with E-state index >= 15 is 0 Å². The Labute approximate surface area is 33.2 Å². The van der Waals surface area contributed by atoms with Crippen LogP contribution in [0.4, 0.5) is 0 Å². The van der Waals surface area contributed by atoms with Crippen molar-refractivity contribution in [2.45, 2.75) is 0 Å². The summed E-state index contributed by atoms with van der Waals surface area (Å²) in [7, 11) is 0. The molecule has 4 heavy (non-hydrogen) atoms. The summed E-state index contributed by atoms with van der Waals surface area (Å²) < 4.78 is 2.26. The van der Waals surface area contributed by atoms with Gasteiger partial charge in [0.15, 0.2) is 0 Å². The Hall–Kier alpha value is -0.0500. The number of hydrazone groups is 1. The van der Waals surface area contributed by atoms with Crippen LogP contribution in [0.1, 0.15) is 0 Å². The van der Waals surface area contributed by atoms with Crippen LogP contribution in [0.15, 0.2) is 5.10 Å². The van der Waals surface area contributed by atoms with Crippen LogP contribution in [0, 0.1) is 0 Å². The van der Waals surface area contributed by atoms with Gasteiger partial charge in [-0.15, -0.1) is 0 Å². The van der Waals surface area contributed by atoms with Gasteiger partial charge in [0, 0.05) is 6.72 Å². The molecule has 0 amide bonds. The summed E-state index contributed by atoms with van der Waals surface area (Å²) in [6.07, 6.45) is 0. The lowest BCUT2D eigenvalue weighted by molar-refractivity contribution is 1.16. The molecular weight excluding hydrogens is 120 g/mol. The van der Waals surface area contributed by atoms with Gasteiger partial charge in [0.1, 0.15) is 0 Å². The highest BCUT2D eigenvalue weighted by Crippen LogP contribution is 1.57. The van der Waals surface area contributed by atoms with Gasteiger partial charge in [-0.05, 0) is 0 Å². The molecule has 0 bridgehead atoms. The topological polar surface area (TPSA) is 24.4 Å². The molecule has 0 saturated heterocycles. The second-order valence-corrected chi connectivity index (χ2v) is 0.597. The third kappa shape index (κ3) is 1.95. The van der Waals surface area contributed by atoms with Crippen LogP contribution < -0.4 is 4.45 Å². The normalized spacial score (nSPS) is 5.25. The van der Waals surface area contributed by atoms with Crippen molar-refractivity contribution in [3.05, 3.63) is 0 Å². The summed E-state index contributed by atoms with van der Waals surface area (Å²) in [6.45, 7) is 3.07. The first-order valence-corrected chi connectivity index (χ1v) is 1.52. The van der Waals surface area contributed by atoms with Gasteiger partial charge in [0.2, 0.25) is 0 Å². The highest BCUT2D eigenvalue weighted by atomic mass is 79.9. The minimum absolute atomic E-state index is 2.26. The molecule has 0 rings (SSSR count). The summed E-state index contributed by atoms with van der Waals surface area (Å²) >= 11 is 2.77. The molecule has 0 unspecified atom stereocenters. The van der Waals surface area contributed by atoms with E-state index < -0.39 is 0 Å². The summed E-state index contributed by atoms with van der Waals surface area (Å²) in [4.78, 5) is 0. The van der Waals surface area contributed by atoms with E-state index in [0.717, 1.165) is 0 Å². The summed E-state index contributed by atoms with van der Waals surface area (Å²) in [6, 6.07) is 0. The van der Waals surface area contributed by atoms with E-state index in [2.05, 4.69) is 32.4 Å². The first kappa shape index (κ1) is 3.95. The lowest BCUT2D eigenvalue weighted by Gasteiger charge is -1.67. The molecule has 0 aromatic heterocycles. The Balaban J connectivity index is 2.30. The average molecular weight is 123 g/mol. The summed E-state index contributed by atoms with van der Waals surface area (Å²) in [5.74, 6) is 0. The Kier molecular flexibility index (Phi) is 2.91. The van der Waals surface area contributed by atoms with E-state index in [1.165, 1.54) is 0 Å². The Morgan fingerprint density at radius 2 is 2.25 bits per heavy atom. The monoisotopic (exact) mass is 122 g/mol. The molecule has 0 aliphatic carbocycles. The van der Waals surface area contributed by atoms with Crippen LogP contribution in [0.3, 0.4) is 0 Å². The first-order chi connectivity index (χ1) is 1.91. The van der Waals surface area contributed by atoms with Crippen molar-refractivity contribution < 1.29 is 0 Å². The van der Waals surface area contributed by atoms with E-state index in [1.807, 2.05) is 0 Å². The number of nitrogens with one attached hydrogen (secondary N) is 1. The molecule has 0 aromatic rings. The molecule has 0 radical (unpaired) electrons. The van der Waals surface area contributed by atoms with Crippen molar-refractivity contribution in [1.29, 1.82) is 0 Å². The maximum Gasteiger partial charge on any atom is 0.0655 e. The smallest absolute Gasteiger partial charge is 0.0655 e. The molecule has 0 aliphatic rings. The van der Waals surface area contributed by atoms with Crippen LogP contribution in [0.5, 0.6) is 0 Å². The molecule has 3 heteroatoms. The second kappa shape index (κ2) is 2.95. The molecule has 0 fully saturated rings. The number of halogens is 1. The molecule has 1 N–H and O–H groups in total. The van der Waals surface area contributed by atoms with Gasteiger partial charge < -0.3 is 0 Å². The second-order valence-electron chi connectivity index (χ2n) is 0.243. The standard InChI is InChI=1S/CH3BrN2/c1-3-4-2/h4H,1H2. The van der Waals surface area contributed by atoms with Crippen molar-refractivity contribution in [3.63, 3.8) is 0 Å². The van der Waals surface area contributed by atoms with E-state index in [-0.39, 0.29) is 0 Å². The first-order valence-electron chi connectivity index (χ1n) is 0.729. The Bertz CT molecular complexity index is 20.0.